The lowest BCUT2D eigenvalue weighted by molar-refractivity contribution is 0.0930. The molecule has 2 N–H and O–H groups in total. The van der Waals surface area contributed by atoms with Gasteiger partial charge < -0.3 is 19.1 Å². The number of hydrogen-bond donors (Lipinski definition) is 2. The normalized spacial score (nSPS) is 17.2. The molecule has 0 aromatic rings. The number of rotatable bonds is 9. The van der Waals surface area contributed by atoms with Gasteiger partial charge in [-0.05, 0) is 36.3 Å². The van der Waals surface area contributed by atoms with Crippen LogP contribution in [0.3, 0.4) is 0 Å². The van der Waals surface area contributed by atoms with Gasteiger partial charge in [-0.15, -0.1) is 0 Å². The van der Waals surface area contributed by atoms with Crippen molar-refractivity contribution < 1.29 is 19.1 Å². The fraction of sp³-hybridized carbons (Fsp3) is 0.800. The van der Waals surface area contributed by atoms with Crippen molar-refractivity contribution in [3.8, 4) is 0 Å². The van der Waals surface area contributed by atoms with Gasteiger partial charge >= 0.3 is 0 Å². The Morgan fingerprint density at radius 1 is 0.692 bits per heavy atom. The zero-order valence-corrected chi connectivity index (χ0v) is 20.6. The first-order valence-corrected chi connectivity index (χ1v) is 15.3. The highest BCUT2D eigenvalue weighted by Gasteiger charge is 2.43. The average molecular weight is 403 g/mol. The van der Waals surface area contributed by atoms with Crippen LogP contribution in [0.4, 0.5) is 0 Å². The van der Waals surface area contributed by atoms with Crippen LogP contribution >= 0.6 is 0 Å². The van der Waals surface area contributed by atoms with Crippen LogP contribution in [0.5, 0.6) is 0 Å². The van der Waals surface area contributed by atoms with E-state index in [9.17, 15) is 10.2 Å². The van der Waals surface area contributed by atoms with Crippen LogP contribution in [-0.4, -0.2) is 52.3 Å². The quantitative estimate of drug-likeness (QED) is 0.427. The summed E-state index contributed by atoms with van der Waals surface area (Å²) in [6.07, 6.45) is 6.65. The molecule has 0 aliphatic heterocycles. The zero-order chi connectivity index (χ0) is 20.8. The van der Waals surface area contributed by atoms with Gasteiger partial charge in [0.2, 0.25) is 0 Å². The highest BCUT2D eigenvalue weighted by molar-refractivity contribution is 6.74. The molecule has 2 atom stereocenters. The molecule has 0 unspecified atom stereocenters. The molecule has 0 spiro atoms. The highest BCUT2D eigenvalue weighted by Crippen LogP contribution is 2.40. The molecule has 0 bridgehead atoms. The smallest absolute Gasteiger partial charge is 0.193 e. The van der Waals surface area contributed by atoms with Gasteiger partial charge in [0.05, 0.1) is 25.4 Å². The van der Waals surface area contributed by atoms with Crippen molar-refractivity contribution >= 4 is 16.6 Å². The van der Waals surface area contributed by atoms with Gasteiger partial charge in [-0.1, -0.05) is 65.8 Å². The first-order valence-electron chi connectivity index (χ1n) is 9.50. The third-order valence-electron chi connectivity index (χ3n) is 5.66. The lowest BCUT2D eigenvalue weighted by Gasteiger charge is -2.43. The van der Waals surface area contributed by atoms with E-state index in [-0.39, 0.29) is 35.5 Å². The Kier molecular flexibility index (Phi) is 9.71. The van der Waals surface area contributed by atoms with Crippen LogP contribution in [-0.2, 0) is 8.85 Å². The Labute approximate surface area is 163 Å². The molecule has 0 saturated heterocycles. The lowest BCUT2D eigenvalue weighted by atomic mass is 10.2. The maximum absolute atomic E-state index is 9.27. The van der Waals surface area contributed by atoms with Crippen molar-refractivity contribution in [2.75, 3.05) is 13.2 Å². The molecule has 0 aromatic heterocycles. The summed E-state index contributed by atoms with van der Waals surface area (Å²) in [5.74, 6) is 0. The fourth-order valence-corrected chi connectivity index (χ4v) is 4.35. The van der Waals surface area contributed by atoms with Gasteiger partial charge in [0.1, 0.15) is 0 Å². The molecule has 4 nitrogen and oxygen atoms in total. The summed E-state index contributed by atoms with van der Waals surface area (Å²) in [5.41, 5.74) is 0. The Bertz CT molecular complexity index is 427. The van der Waals surface area contributed by atoms with E-state index in [4.69, 9.17) is 8.85 Å². The number of aliphatic hydroxyl groups excluding tert-OH is 2. The summed E-state index contributed by atoms with van der Waals surface area (Å²) >= 11 is 0. The molecule has 0 aromatic carbocycles. The summed E-state index contributed by atoms with van der Waals surface area (Å²) in [4.78, 5) is 0. The van der Waals surface area contributed by atoms with Gasteiger partial charge in [0.15, 0.2) is 16.6 Å². The fourth-order valence-electron chi connectivity index (χ4n) is 1.86. The summed E-state index contributed by atoms with van der Waals surface area (Å²) in [7, 11) is -4.07. The van der Waals surface area contributed by atoms with Crippen molar-refractivity contribution in [1.29, 1.82) is 0 Å². The highest BCUT2D eigenvalue weighted by atomic mass is 28.4. The Balaban J connectivity index is 5.84. The molecule has 0 radical (unpaired) electrons. The maximum Gasteiger partial charge on any atom is 0.193 e. The second-order valence-corrected chi connectivity index (χ2v) is 19.4. The van der Waals surface area contributed by atoms with Crippen LogP contribution < -0.4 is 0 Å². The molecule has 26 heavy (non-hydrogen) atoms. The summed E-state index contributed by atoms with van der Waals surface area (Å²) in [6, 6.07) is 0. The second-order valence-electron chi connectivity index (χ2n) is 9.91. The van der Waals surface area contributed by atoms with Gasteiger partial charge in [-0.2, -0.15) is 0 Å². The van der Waals surface area contributed by atoms with Crippen LogP contribution in [0.25, 0.3) is 0 Å². The average Bonchev–Trinajstić information content (AvgIpc) is 2.45. The summed E-state index contributed by atoms with van der Waals surface area (Å²) in [6.45, 7) is 22.0. The van der Waals surface area contributed by atoms with E-state index in [2.05, 4.69) is 67.7 Å². The first kappa shape index (κ1) is 25.8. The van der Waals surface area contributed by atoms with Crippen molar-refractivity contribution in [2.24, 2.45) is 0 Å². The molecular weight excluding hydrogens is 360 g/mol. The molecular formula is C20H42O4Si2. The molecule has 0 fully saturated rings. The molecule has 0 aliphatic rings. The van der Waals surface area contributed by atoms with Crippen LogP contribution in [0.2, 0.25) is 36.3 Å². The van der Waals surface area contributed by atoms with Crippen molar-refractivity contribution in [1.82, 2.24) is 0 Å². The third kappa shape index (κ3) is 7.78. The minimum absolute atomic E-state index is 0.0338. The van der Waals surface area contributed by atoms with E-state index in [1.165, 1.54) is 0 Å². The second kappa shape index (κ2) is 9.80. The Hall–Kier alpha value is -0.246. The van der Waals surface area contributed by atoms with Crippen molar-refractivity contribution in [3.63, 3.8) is 0 Å². The van der Waals surface area contributed by atoms with Crippen LogP contribution in [0.1, 0.15) is 41.5 Å². The standard InChI is InChI=1S/C20H42O4Si2/c1-19(2,3)25(7,8)23-17(13-11-15-21)18(14-12-16-22)24-26(9,10)20(4,5)6/h11-14,17-18,21-22H,15-16H2,1-10H3/b13-11+,14-12+/t17-,18-/m1/s1. The minimum atomic E-state index is -2.04. The van der Waals surface area contributed by atoms with Gasteiger partial charge in [0, 0.05) is 0 Å². The predicted molar refractivity (Wildman–Crippen MR) is 117 cm³/mol. The SMILES string of the molecule is CC(C)(C)[Si](C)(C)O[C@H](/C=C/CO)[C@@H](/C=C/CO)O[Si](C)(C)C(C)(C)C. The van der Waals surface area contributed by atoms with Crippen LogP contribution in [0, 0.1) is 0 Å². The molecule has 0 saturated carbocycles. The monoisotopic (exact) mass is 402 g/mol. The van der Waals surface area contributed by atoms with E-state index in [1.807, 2.05) is 12.2 Å². The summed E-state index contributed by atoms with van der Waals surface area (Å²) in [5, 5.41) is 18.7. The molecule has 0 aliphatic carbocycles. The molecule has 6 heteroatoms. The first-order chi connectivity index (χ1) is 11.6. The van der Waals surface area contributed by atoms with E-state index >= 15 is 0 Å². The predicted octanol–water partition coefficient (Wildman–Crippen LogP) is 4.86. The van der Waals surface area contributed by atoms with Gasteiger partial charge in [0.25, 0.3) is 0 Å². The minimum Gasteiger partial charge on any atom is -0.408 e. The maximum atomic E-state index is 9.27. The van der Waals surface area contributed by atoms with E-state index < -0.39 is 16.6 Å². The van der Waals surface area contributed by atoms with Crippen molar-refractivity contribution in [3.05, 3.63) is 24.3 Å². The third-order valence-corrected chi connectivity index (χ3v) is 14.6. The number of aliphatic hydroxyl groups is 2. The van der Waals surface area contributed by atoms with Gasteiger partial charge in [-0.3, -0.25) is 0 Å². The van der Waals surface area contributed by atoms with Crippen molar-refractivity contribution in [2.45, 2.75) is 90.0 Å². The summed E-state index contributed by atoms with van der Waals surface area (Å²) < 4.78 is 13.3. The van der Waals surface area contributed by atoms with Crippen LogP contribution in [0.15, 0.2) is 24.3 Å². The zero-order valence-electron chi connectivity index (χ0n) is 18.6. The molecule has 0 rings (SSSR count). The van der Waals surface area contributed by atoms with Gasteiger partial charge in [-0.25, -0.2) is 0 Å². The molecule has 154 valence electrons. The van der Waals surface area contributed by atoms with E-state index in [0.717, 1.165) is 0 Å². The Morgan fingerprint density at radius 2 is 0.962 bits per heavy atom. The topological polar surface area (TPSA) is 58.9 Å². The van der Waals surface area contributed by atoms with E-state index in [1.54, 1.807) is 12.2 Å². The van der Waals surface area contributed by atoms with E-state index in [0.29, 0.717) is 0 Å². The largest absolute Gasteiger partial charge is 0.408 e. The lowest BCUT2D eigenvalue weighted by Crippen LogP contribution is -2.51. The molecule has 0 amide bonds. The Morgan fingerprint density at radius 3 is 1.15 bits per heavy atom. The molecule has 0 heterocycles. The number of hydrogen-bond acceptors (Lipinski definition) is 4.